The summed E-state index contributed by atoms with van der Waals surface area (Å²) in [5, 5.41) is 3.96. The van der Waals surface area contributed by atoms with Crippen molar-refractivity contribution in [3.8, 4) is 0 Å². The second-order valence-electron chi connectivity index (χ2n) is 2.83. The van der Waals surface area contributed by atoms with Crippen LogP contribution >= 0.6 is 0 Å². The minimum absolute atomic E-state index is 1.10. The number of rotatable bonds is 5. The quantitative estimate of drug-likeness (QED) is 0.539. The second kappa shape index (κ2) is 4.94. The minimum atomic E-state index is 1.10. The van der Waals surface area contributed by atoms with E-state index < -0.39 is 0 Å². The third-order valence-corrected chi connectivity index (χ3v) is 1.81. The van der Waals surface area contributed by atoms with Crippen molar-refractivity contribution in [2.75, 3.05) is 0 Å². The highest BCUT2D eigenvalue weighted by Crippen LogP contribution is 2.05. The number of nitrogens with zero attached hydrogens (tertiary/aromatic N) is 2. The van der Waals surface area contributed by atoms with E-state index in [9.17, 15) is 0 Å². The van der Waals surface area contributed by atoms with E-state index in [1.54, 1.807) is 6.20 Å². The van der Waals surface area contributed by atoms with Crippen LogP contribution in [0.25, 0.3) is 0 Å². The van der Waals surface area contributed by atoms with Crippen LogP contribution in [0.15, 0.2) is 17.4 Å². The molecule has 2 nitrogen and oxygen atoms in total. The molecular weight excluding hydrogens is 136 g/mol. The molecule has 1 aliphatic rings. The Morgan fingerprint density at radius 3 is 2.82 bits per heavy atom. The monoisotopic (exact) mass is 151 g/mol. The molecule has 0 bridgehead atoms. The Bertz CT molecular complexity index is 159. The van der Waals surface area contributed by atoms with Gasteiger partial charge in [-0.25, -0.2) is 0 Å². The summed E-state index contributed by atoms with van der Waals surface area (Å²) in [6.45, 7) is 2.22. The Morgan fingerprint density at radius 1 is 1.27 bits per heavy atom. The second-order valence-corrected chi connectivity index (χ2v) is 2.83. The van der Waals surface area contributed by atoms with Crippen molar-refractivity contribution in [1.82, 2.24) is 5.43 Å². The fraction of sp³-hybridized carbons (Fsp3) is 0.667. The van der Waals surface area contributed by atoms with Gasteiger partial charge in [-0.2, -0.15) is 10.5 Å². The number of allylic oxidation sites excluding steroid dienone is 1. The van der Waals surface area contributed by atoms with Gasteiger partial charge in [0.05, 0.1) is 11.9 Å². The maximum absolute atomic E-state index is 3.96. The molecule has 0 N–H and O–H groups in total. The Balaban J connectivity index is 1.99. The van der Waals surface area contributed by atoms with Crippen LogP contribution in [0.3, 0.4) is 0 Å². The minimum Gasteiger partial charge on any atom is -0.159 e. The highest BCUT2D eigenvalue weighted by molar-refractivity contribution is 5.95. The zero-order valence-corrected chi connectivity index (χ0v) is 7.08. The molecule has 0 atom stereocenters. The van der Waals surface area contributed by atoms with Gasteiger partial charge in [0, 0.05) is 0 Å². The van der Waals surface area contributed by atoms with Gasteiger partial charge in [0.25, 0.3) is 0 Å². The molecule has 61 valence electrons. The van der Waals surface area contributed by atoms with Gasteiger partial charge in [0.15, 0.2) is 0 Å². The summed E-state index contributed by atoms with van der Waals surface area (Å²) in [6, 6.07) is 0. The van der Waals surface area contributed by atoms with Crippen LogP contribution in [0.2, 0.25) is 0 Å². The van der Waals surface area contributed by atoms with E-state index in [1.807, 2.05) is 6.08 Å². The van der Waals surface area contributed by atoms with Gasteiger partial charge in [0.2, 0.25) is 0 Å². The Morgan fingerprint density at radius 2 is 2.18 bits per heavy atom. The summed E-state index contributed by atoms with van der Waals surface area (Å²) < 4.78 is 0. The first kappa shape index (κ1) is 8.31. The first-order valence-corrected chi connectivity index (χ1v) is 4.36. The molecule has 0 saturated heterocycles. The average Bonchev–Trinajstić information content (AvgIpc) is 2.50. The van der Waals surface area contributed by atoms with Crippen molar-refractivity contribution in [1.29, 1.82) is 0 Å². The molecule has 1 radical (unpaired) electrons. The van der Waals surface area contributed by atoms with Gasteiger partial charge in [-0.3, -0.25) is 0 Å². The van der Waals surface area contributed by atoms with Gasteiger partial charge in [0.1, 0.15) is 0 Å². The lowest BCUT2D eigenvalue weighted by atomic mass is 10.1. The zero-order chi connectivity index (χ0) is 7.94. The van der Waals surface area contributed by atoms with E-state index in [4.69, 9.17) is 0 Å². The van der Waals surface area contributed by atoms with Gasteiger partial charge in [-0.15, -0.1) is 0 Å². The largest absolute Gasteiger partial charge is 0.159 e. The molecule has 0 aromatic carbocycles. The van der Waals surface area contributed by atoms with Crippen LogP contribution < -0.4 is 5.43 Å². The fourth-order valence-electron chi connectivity index (χ4n) is 1.13. The van der Waals surface area contributed by atoms with E-state index in [-0.39, 0.29) is 0 Å². The van der Waals surface area contributed by atoms with Crippen LogP contribution in [-0.4, -0.2) is 5.71 Å². The first-order valence-electron chi connectivity index (χ1n) is 4.36. The van der Waals surface area contributed by atoms with Crippen LogP contribution in [0, 0.1) is 0 Å². The molecule has 11 heavy (non-hydrogen) atoms. The molecule has 0 amide bonds. The van der Waals surface area contributed by atoms with E-state index in [1.165, 1.54) is 25.7 Å². The summed E-state index contributed by atoms with van der Waals surface area (Å²) in [4.78, 5) is 0. The lowest BCUT2D eigenvalue weighted by molar-refractivity contribution is 0.683. The molecule has 0 spiro atoms. The Labute approximate surface area is 68.4 Å². The summed E-state index contributed by atoms with van der Waals surface area (Å²) in [5.74, 6) is 0. The molecule has 0 fully saturated rings. The molecule has 0 aromatic rings. The molecule has 1 heterocycles. The molecule has 0 saturated carbocycles. The molecule has 0 unspecified atom stereocenters. The van der Waals surface area contributed by atoms with Gasteiger partial charge < -0.3 is 0 Å². The van der Waals surface area contributed by atoms with Gasteiger partial charge in [-0.05, 0) is 18.9 Å². The topological polar surface area (TPSA) is 26.5 Å². The smallest absolute Gasteiger partial charge is 0.0646 e. The van der Waals surface area contributed by atoms with Crippen molar-refractivity contribution in [2.45, 2.75) is 39.0 Å². The van der Waals surface area contributed by atoms with Crippen molar-refractivity contribution in [2.24, 2.45) is 5.10 Å². The maximum Gasteiger partial charge on any atom is 0.0646 e. The summed E-state index contributed by atoms with van der Waals surface area (Å²) in [6.07, 6.45) is 10.1. The van der Waals surface area contributed by atoms with E-state index in [2.05, 4.69) is 17.5 Å². The van der Waals surface area contributed by atoms with Crippen molar-refractivity contribution in [3.63, 3.8) is 0 Å². The Hall–Kier alpha value is -0.790. The molecule has 1 rings (SSSR count). The summed E-state index contributed by atoms with van der Waals surface area (Å²) >= 11 is 0. The fourth-order valence-corrected chi connectivity index (χ4v) is 1.13. The van der Waals surface area contributed by atoms with Crippen molar-refractivity contribution >= 4 is 5.71 Å². The molecule has 0 aromatic heterocycles. The predicted octanol–water partition coefficient (Wildman–Crippen LogP) is 2.44. The molecule has 0 aliphatic carbocycles. The SMILES string of the molecule is CCCCCCC1=N[N]C=C1. The number of hydrogen-bond donors (Lipinski definition) is 0. The summed E-state index contributed by atoms with van der Waals surface area (Å²) in [7, 11) is 0. The summed E-state index contributed by atoms with van der Waals surface area (Å²) in [5.41, 5.74) is 4.91. The lowest BCUT2D eigenvalue weighted by Gasteiger charge is -1.96. The van der Waals surface area contributed by atoms with Crippen molar-refractivity contribution < 1.29 is 0 Å². The molecule has 2 heteroatoms. The number of hydrogen-bond acceptors (Lipinski definition) is 1. The maximum atomic E-state index is 3.96. The highest BCUT2D eigenvalue weighted by atomic mass is 15.3. The highest BCUT2D eigenvalue weighted by Gasteiger charge is 1.99. The first-order chi connectivity index (χ1) is 5.43. The van der Waals surface area contributed by atoms with Gasteiger partial charge >= 0.3 is 0 Å². The van der Waals surface area contributed by atoms with Crippen molar-refractivity contribution in [3.05, 3.63) is 12.3 Å². The number of unbranched alkanes of at least 4 members (excludes halogenated alkanes) is 3. The van der Waals surface area contributed by atoms with E-state index in [0.717, 1.165) is 12.1 Å². The van der Waals surface area contributed by atoms with Crippen LogP contribution in [0.5, 0.6) is 0 Å². The van der Waals surface area contributed by atoms with Crippen LogP contribution in [0.1, 0.15) is 39.0 Å². The average molecular weight is 151 g/mol. The normalized spacial score (nSPS) is 14.8. The molecular formula is C9H15N2. The lowest BCUT2D eigenvalue weighted by Crippen LogP contribution is -1.90. The zero-order valence-electron chi connectivity index (χ0n) is 7.08. The molecule has 1 aliphatic heterocycles. The van der Waals surface area contributed by atoms with Gasteiger partial charge in [-0.1, -0.05) is 26.2 Å². The van der Waals surface area contributed by atoms with E-state index >= 15 is 0 Å². The van der Waals surface area contributed by atoms with E-state index in [0.29, 0.717) is 0 Å². The Kier molecular flexibility index (Phi) is 3.73. The predicted molar refractivity (Wildman–Crippen MR) is 47.5 cm³/mol. The third-order valence-electron chi connectivity index (χ3n) is 1.81. The third kappa shape index (κ3) is 3.21. The van der Waals surface area contributed by atoms with Crippen LogP contribution in [-0.2, 0) is 0 Å². The standard InChI is InChI=1S/C9H15N2/c1-2-3-4-5-6-9-7-8-10-11-9/h7-8H,2-6H2,1H3. The van der Waals surface area contributed by atoms with Crippen LogP contribution in [0.4, 0.5) is 0 Å².